The van der Waals surface area contributed by atoms with Gasteiger partial charge in [0.05, 0.1) is 0 Å². The fraction of sp³-hybridized carbons (Fsp3) is 0.588. The minimum Gasteiger partial charge on any atom is -0.366 e. The fourth-order valence-corrected chi connectivity index (χ4v) is 3.57. The van der Waals surface area contributed by atoms with Gasteiger partial charge in [-0.05, 0) is 87.0 Å². The van der Waals surface area contributed by atoms with E-state index in [0.717, 1.165) is 44.9 Å². The average Bonchev–Trinajstić information content (AvgIpc) is 3.14. The minimum atomic E-state index is -0.324. The number of rotatable bonds is 5. The van der Waals surface area contributed by atoms with E-state index in [0.29, 0.717) is 11.5 Å². The number of primary amides is 1. The van der Waals surface area contributed by atoms with Crippen LogP contribution in [0.25, 0.3) is 0 Å². The summed E-state index contributed by atoms with van der Waals surface area (Å²) >= 11 is 0. The number of amides is 1. The molecule has 2 atom stereocenters. The van der Waals surface area contributed by atoms with Crippen LogP contribution in [-0.4, -0.2) is 32.1 Å². The van der Waals surface area contributed by atoms with E-state index in [9.17, 15) is 4.79 Å². The lowest BCUT2D eigenvalue weighted by Crippen LogP contribution is -2.16. The second-order valence-corrected chi connectivity index (χ2v) is 6.47. The van der Waals surface area contributed by atoms with Gasteiger partial charge in [0, 0.05) is 5.56 Å². The molecule has 0 aliphatic carbocycles. The Hall–Kier alpha value is -1.39. The van der Waals surface area contributed by atoms with Crippen molar-refractivity contribution < 1.29 is 4.79 Å². The first-order valence-corrected chi connectivity index (χ1v) is 8.05. The molecule has 2 heterocycles. The predicted octanol–water partition coefficient (Wildman–Crippen LogP) is 1.09. The highest BCUT2D eigenvalue weighted by molar-refractivity contribution is 5.93. The van der Waals surface area contributed by atoms with Crippen LogP contribution in [0, 0.1) is 11.8 Å². The zero-order valence-electron chi connectivity index (χ0n) is 12.5. The highest BCUT2D eigenvalue weighted by Gasteiger charge is 2.20. The molecule has 2 saturated heterocycles. The number of nitrogens with two attached hydrogens (primary N) is 1. The first-order valence-electron chi connectivity index (χ1n) is 8.05. The topological polar surface area (TPSA) is 67.2 Å². The normalized spacial score (nSPS) is 25.3. The summed E-state index contributed by atoms with van der Waals surface area (Å²) in [6, 6.07) is 6.03. The quantitative estimate of drug-likeness (QED) is 0.759. The van der Waals surface area contributed by atoms with Crippen LogP contribution in [0.15, 0.2) is 18.2 Å². The minimum absolute atomic E-state index is 0.324. The number of benzene rings is 1. The molecule has 0 bridgehead atoms. The Morgan fingerprint density at radius 3 is 2.19 bits per heavy atom. The standard InChI is InChI=1S/C17H25N3O/c18-17(21)15-2-1-14(7-12-3-5-19-10-12)16(9-15)8-13-4-6-20-11-13/h1-2,9,12-13,19-20H,3-8,10-11H2,(H2,18,21). The van der Waals surface area contributed by atoms with Gasteiger partial charge in [-0.2, -0.15) is 0 Å². The van der Waals surface area contributed by atoms with Gasteiger partial charge < -0.3 is 16.4 Å². The van der Waals surface area contributed by atoms with Gasteiger partial charge in [0.15, 0.2) is 0 Å². The Morgan fingerprint density at radius 2 is 1.67 bits per heavy atom. The van der Waals surface area contributed by atoms with E-state index in [-0.39, 0.29) is 5.91 Å². The molecule has 4 heteroatoms. The third-order valence-electron chi connectivity index (χ3n) is 4.83. The van der Waals surface area contributed by atoms with Gasteiger partial charge >= 0.3 is 0 Å². The van der Waals surface area contributed by atoms with Crippen LogP contribution in [0.5, 0.6) is 0 Å². The van der Waals surface area contributed by atoms with Crippen LogP contribution in [0.2, 0.25) is 0 Å². The van der Waals surface area contributed by atoms with Crippen molar-refractivity contribution in [1.29, 1.82) is 0 Å². The van der Waals surface area contributed by atoms with Crippen LogP contribution in [0.3, 0.4) is 0 Å². The second-order valence-electron chi connectivity index (χ2n) is 6.47. The van der Waals surface area contributed by atoms with Crippen molar-refractivity contribution in [1.82, 2.24) is 10.6 Å². The van der Waals surface area contributed by atoms with Crippen LogP contribution in [0.1, 0.15) is 34.3 Å². The van der Waals surface area contributed by atoms with Crippen LogP contribution >= 0.6 is 0 Å². The lowest BCUT2D eigenvalue weighted by atomic mass is 9.88. The molecule has 1 aromatic rings. The Balaban J connectivity index is 1.80. The van der Waals surface area contributed by atoms with Crippen LogP contribution in [-0.2, 0) is 12.8 Å². The van der Waals surface area contributed by atoms with E-state index in [1.54, 1.807) is 0 Å². The van der Waals surface area contributed by atoms with E-state index in [1.807, 2.05) is 12.1 Å². The molecule has 2 unspecified atom stereocenters. The second kappa shape index (κ2) is 6.58. The predicted molar refractivity (Wildman–Crippen MR) is 84.3 cm³/mol. The lowest BCUT2D eigenvalue weighted by molar-refractivity contribution is 0.1000. The molecule has 1 amide bonds. The van der Waals surface area contributed by atoms with E-state index < -0.39 is 0 Å². The van der Waals surface area contributed by atoms with Gasteiger partial charge in [-0.1, -0.05) is 6.07 Å². The van der Waals surface area contributed by atoms with Gasteiger partial charge in [-0.3, -0.25) is 4.79 Å². The molecule has 0 radical (unpaired) electrons. The molecule has 4 nitrogen and oxygen atoms in total. The molecule has 0 spiro atoms. The molecule has 2 aliphatic heterocycles. The summed E-state index contributed by atoms with van der Waals surface area (Å²) in [5.74, 6) is 1.09. The van der Waals surface area contributed by atoms with Gasteiger partial charge in [0.2, 0.25) is 5.91 Å². The summed E-state index contributed by atoms with van der Waals surface area (Å²) in [4.78, 5) is 11.4. The number of nitrogens with one attached hydrogen (secondary N) is 2. The molecular weight excluding hydrogens is 262 g/mol. The van der Waals surface area contributed by atoms with Gasteiger partial charge in [-0.25, -0.2) is 0 Å². The van der Waals surface area contributed by atoms with Crippen molar-refractivity contribution >= 4 is 5.91 Å². The van der Waals surface area contributed by atoms with Crippen LogP contribution < -0.4 is 16.4 Å². The van der Waals surface area contributed by atoms with Crippen molar-refractivity contribution in [2.75, 3.05) is 26.2 Å². The Labute approximate surface area is 126 Å². The van der Waals surface area contributed by atoms with Crippen molar-refractivity contribution in [2.24, 2.45) is 17.6 Å². The number of hydrogen-bond donors (Lipinski definition) is 3. The Kier molecular flexibility index (Phi) is 4.56. The zero-order valence-corrected chi connectivity index (χ0v) is 12.5. The summed E-state index contributed by atoms with van der Waals surface area (Å²) in [6.45, 7) is 4.45. The molecule has 21 heavy (non-hydrogen) atoms. The highest BCUT2D eigenvalue weighted by atomic mass is 16.1. The van der Waals surface area contributed by atoms with E-state index in [4.69, 9.17) is 5.73 Å². The summed E-state index contributed by atoms with van der Waals surface area (Å²) < 4.78 is 0. The first-order chi connectivity index (χ1) is 10.2. The summed E-state index contributed by atoms with van der Waals surface area (Å²) in [6.07, 6.45) is 4.65. The largest absolute Gasteiger partial charge is 0.366 e. The van der Waals surface area contributed by atoms with Crippen molar-refractivity contribution in [2.45, 2.75) is 25.7 Å². The number of carbonyl (C=O) groups excluding carboxylic acids is 1. The highest BCUT2D eigenvalue weighted by Crippen LogP contribution is 2.24. The molecule has 0 saturated carbocycles. The lowest BCUT2D eigenvalue weighted by Gasteiger charge is -2.17. The maximum absolute atomic E-state index is 11.4. The molecule has 2 fully saturated rings. The summed E-state index contributed by atoms with van der Waals surface area (Å²) in [5.41, 5.74) is 8.82. The Bertz CT molecular complexity index is 503. The molecular formula is C17H25N3O. The van der Waals surface area contributed by atoms with E-state index >= 15 is 0 Å². The third kappa shape index (κ3) is 3.63. The van der Waals surface area contributed by atoms with E-state index in [2.05, 4.69) is 16.7 Å². The maximum Gasteiger partial charge on any atom is 0.248 e. The van der Waals surface area contributed by atoms with Crippen molar-refractivity contribution in [3.63, 3.8) is 0 Å². The Morgan fingerprint density at radius 1 is 1.05 bits per heavy atom. The summed E-state index contributed by atoms with van der Waals surface area (Å²) in [7, 11) is 0. The molecule has 114 valence electrons. The zero-order chi connectivity index (χ0) is 14.7. The van der Waals surface area contributed by atoms with Gasteiger partial charge in [0.1, 0.15) is 0 Å². The smallest absolute Gasteiger partial charge is 0.248 e. The molecule has 3 rings (SSSR count). The summed E-state index contributed by atoms with van der Waals surface area (Å²) in [5, 5.41) is 6.85. The van der Waals surface area contributed by atoms with E-state index in [1.165, 1.54) is 24.0 Å². The maximum atomic E-state index is 11.4. The molecule has 4 N–H and O–H groups in total. The van der Waals surface area contributed by atoms with Gasteiger partial charge in [-0.15, -0.1) is 0 Å². The SMILES string of the molecule is NC(=O)c1ccc(CC2CCNC2)c(CC2CCNC2)c1. The fourth-order valence-electron chi connectivity index (χ4n) is 3.57. The number of hydrogen-bond acceptors (Lipinski definition) is 3. The first kappa shape index (κ1) is 14.5. The van der Waals surface area contributed by atoms with Crippen molar-refractivity contribution in [3.8, 4) is 0 Å². The molecule has 2 aliphatic rings. The van der Waals surface area contributed by atoms with Crippen LogP contribution in [0.4, 0.5) is 0 Å². The third-order valence-corrected chi connectivity index (χ3v) is 4.83. The number of carbonyl (C=O) groups is 1. The molecule has 0 aromatic heterocycles. The molecule has 1 aromatic carbocycles. The van der Waals surface area contributed by atoms with Crippen molar-refractivity contribution in [3.05, 3.63) is 34.9 Å². The monoisotopic (exact) mass is 287 g/mol. The van der Waals surface area contributed by atoms with Gasteiger partial charge in [0.25, 0.3) is 0 Å². The average molecular weight is 287 g/mol.